The number of esters is 1. The van der Waals surface area contributed by atoms with Crippen LogP contribution < -0.4 is 5.32 Å². The van der Waals surface area contributed by atoms with Crippen molar-refractivity contribution in [2.75, 3.05) is 11.9 Å². The van der Waals surface area contributed by atoms with Crippen molar-refractivity contribution < 1.29 is 14.3 Å². The van der Waals surface area contributed by atoms with Crippen LogP contribution in [0.2, 0.25) is 0 Å². The van der Waals surface area contributed by atoms with Crippen LogP contribution in [0.25, 0.3) is 0 Å². The maximum Gasteiger partial charge on any atom is 0.306 e. The Labute approximate surface area is 137 Å². The largest absolute Gasteiger partial charge is 0.456 e. The first-order chi connectivity index (χ1) is 11.0. The highest BCUT2D eigenvalue weighted by Gasteiger charge is 2.40. The van der Waals surface area contributed by atoms with Crippen molar-refractivity contribution >= 4 is 17.6 Å². The van der Waals surface area contributed by atoms with Crippen molar-refractivity contribution in [1.82, 2.24) is 0 Å². The lowest BCUT2D eigenvalue weighted by molar-refractivity contribution is -0.148. The van der Waals surface area contributed by atoms with Gasteiger partial charge in [-0.2, -0.15) is 0 Å². The number of hydrogen-bond donors (Lipinski definition) is 1. The number of hydrogen-bond acceptors (Lipinski definition) is 3. The van der Waals surface area contributed by atoms with Crippen LogP contribution in [-0.4, -0.2) is 18.5 Å². The van der Waals surface area contributed by atoms with E-state index < -0.39 is 0 Å². The van der Waals surface area contributed by atoms with E-state index in [2.05, 4.69) is 5.32 Å². The third-order valence-electron chi connectivity index (χ3n) is 5.42. The lowest BCUT2D eigenvalue weighted by Gasteiger charge is -2.20. The van der Waals surface area contributed by atoms with E-state index in [-0.39, 0.29) is 18.5 Å². The average molecular weight is 315 g/mol. The van der Waals surface area contributed by atoms with Crippen molar-refractivity contribution in [3.8, 4) is 0 Å². The summed E-state index contributed by atoms with van der Waals surface area (Å²) in [7, 11) is 0. The number of ether oxygens (including phenoxy) is 1. The summed E-state index contributed by atoms with van der Waals surface area (Å²) in [5, 5.41) is 2.84. The Morgan fingerprint density at radius 2 is 1.91 bits per heavy atom. The second-order valence-corrected chi connectivity index (χ2v) is 7.11. The van der Waals surface area contributed by atoms with Gasteiger partial charge < -0.3 is 10.1 Å². The number of carbonyl (C=O) groups is 2. The van der Waals surface area contributed by atoms with Gasteiger partial charge in [0.25, 0.3) is 5.91 Å². The maximum atomic E-state index is 12.0. The van der Waals surface area contributed by atoms with Gasteiger partial charge in [-0.05, 0) is 62.0 Å². The first-order valence-corrected chi connectivity index (χ1v) is 8.54. The molecule has 1 aromatic carbocycles. The van der Waals surface area contributed by atoms with Crippen molar-refractivity contribution in [2.24, 2.45) is 17.8 Å². The molecule has 2 saturated carbocycles. The molecule has 0 heterocycles. The molecule has 3 rings (SSSR count). The summed E-state index contributed by atoms with van der Waals surface area (Å²) < 4.78 is 5.17. The first kappa shape index (κ1) is 16.0. The van der Waals surface area contributed by atoms with Gasteiger partial charge in [-0.25, -0.2) is 0 Å². The Hall–Kier alpha value is -1.84. The van der Waals surface area contributed by atoms with Gasteiger partial charge >= 0.3 is 5.97 Å². The minimum absolute atomic E-state index is 0.201. The molecular weight excluding hydrogens is 290 g/mol. The number of para-hydroxylation sites is 1. The fourth-order valence-electron chi connectivity index (χ4n) is 4.23. The molecule has 0 radical (unpaired) electrons. The molecule has 2 bridgehead atoms. The smallest absolute Gasteiger partial charge is 0.306 e. The van der Waals surface area contributed by atoms with E-state index >= 15 is 0 Å². The van der Waals surface area contributed by atoms with Crippen molar-refractivity contribution in [1.29, 1.82) is 0 Å². The van der Waals surface area contributed by atoms with Crippen LogP contribution in [0.15, 0.2) is 18.2 Å². The normalized spacial score (nSPS) is 25.4. The molecule has 0 unspecified atom stereocenters. The molecule has 1 aromatic rings. The Bertz CT molecular complexity index is 590. The maximum absolute atomic E-state index is 12.0. The Balaban J connectivity index is 1.44. The first-order valence-electron chi connectivity index (χ1n) is 8.54. The van der Waals surface area contributed by atoms with Crippen LogP contribution >= 0.6 is 0 Å². The van der Waals surface area contributed by atoms with Gasteiger partial charge in [0.15, 0.2) is 6.61 Å². The zero-order chi connectivity index (χ0) is 16.4. The summed E-state index contributed by atoms with van der Waals surface area (Å²) in [5.41, 5.74) is 2.82. The second kappa shape index (κ2) is 6.73. The molecule has 2 aliphatic rings. The summed E-state index contributed by atoms with van der Waals surface area (Å²) >= 11 is 0. The predicted molar refractivity (Wildman–Crippen MR) is 89.1 cm³/mol. The van der Waals surface area contributed by atoms with Gasteiger partial charge in [-0.1, -0.05) is 24.6 Å². The fourth-order valence-corrected chi connectivity index (χ4v) is 4.23. The summed E-state index contributed by atoms with van der Waals surface area (Å²) in [6, 6.07) is 5.85. The third-order valence-corrected chi connectivity index (χ3v) is 5.42. The van der Waals surface area contributed by atoms with Crippen LogP contribution in [-0.2, 0) is 14.3 Å². The quantitative estimate of drug-likeness (QED) is 0.845. The molecule has 0 saturated heterocycles. The fraction of sp³-hybridized carbons (Fsp3) is 0.579. The number of carbonyl (C=O) groups excluding carboxylic acids is 2. The van der Waals surface area contributed by atoms with Crippen LogP contribution in [0.4, 0.5) is 5.69 Å². The van der Waals surface area contributed by atoms with Crippen molar-refractivity contribution in [3.63, 3.8) is 0 Å². The van der Waals surface area contributed by atoms with Crippen LogP contribution in [0, 0.1) is 31.6 Å². The highest BCUT2D eigenvalue weighted by atomic mass is 16.5. The van der Waals surface area contributed by atoms with Gasteiger partial charge in [0.05, 0.1) is 0 Å². The highest BCUT2D eigenvalue weighted by molar-refractivity contribution is 5.94. The molecule has 1 N–H and O–H groups in total. The van der Waals surface area contributed by atoms with Gasteiger partial charge in [0.1, 0.15) is 0 Å². The van der Waals surface area contributed by atoms with E-state index in [1.807, 2.05) is 32.0 Å². The zero-order valence-corrected chi connectivity index (χ0v) is 13.9. The molecule has 2 aliphatic carbocycles. The van der Waals surface area contributed by atoms with Gasteiger partial charge in [-0.3, -0.25) is 9.59 Å². The topological polar surface area (TPSA) is 55.4 Å². The van der Waals surface area contributed by atoms with Crippen LogP contribution in [0.5, 0.6) is 0 Å². The van der Waals surface area contributed by atoms with E-state index in [1.54, 1.807) is 0 Å². The van der Waals surface area contributed by atoms with E-state index in [1.165, 1.54) is 19.3 Å². The number of amides is 1. The summed E-state index contributed by atoms with van der Waals surface area (Å²) in [5.74, 6) is 1.49. The lowest BCUT2D eigenvalue weighted by atomic mass is 9.86. The average Bonchev–Trinajstić information content (AvgIpc) is 3.12. The lowest BCUT2D eigenvalue weighted by Crippen LogP contribution is -2.23. The molecule has 0 aromatic heterocycles. The molecule has 0 spiro atoms. The van der Waals surface area contributed by atoms with Crippen molar-refractivity contribution in [2.45, 2.75) is 46.0 Å². The van der Waals surface area contributed by atoms with Crippen molar-refractivity contribution in [3.05, 3.63) is 29.3 Å². The van der Waals surface area contributed by atoms with Crippen LogP contribution in [0.1, 0.15) is 43.2 Å². The molecular formula is C19H25NO3. The number of rotatable bonds is 5. The summed E-state index contributed by atoms with van der Waals surface area (Å²) in [6.45, 7) is 3.70. The Morgan fingerprint density at radius 3 is 2.52 bits per heavy atom. The third kappa shape index (κ3) is 3.74. The second-order valence-electron chi connectivity index (χ2n) is 7.11. The number of nitrogens with one attached hydrogen (secondary N) is 1. The van der Waals surface area contributed by atoms with E-state index in [0.717, 1.165) is 29.2 Å². The molecule has 4 nitrogen and oxygen atoms in total. The summed E-state index contributed by atoms with van der Waals surface area (Å²) in [6.07, 6.45) is 5.50. The molecule has 23 heavy (non-hydrogen) atoms. The number of fused-ring (bicyclic) bond motifs is 2. The monoisotopic (exact) mass is 315 g/mol. The van der Waals surface area contributed by atoms with E-state index in [4.69, 9.17) is 4.74 Å². The SMILES string of the molecule is Cc1cccc(C)c1NC(=O)COC(=O)C[C@H]1C[C@H]2CC[C@@H]1C2. The number of aryl methyl sites for hydroxylation is 2. The Morgan fingerprint density at radius 1 is 1.17 bits per heavy atom. The summed E-state index contributed by atoms with van der Waals surface area (Å²) in [4.78, 5) is 24.0. The minimum Gasteiger partial charge on any atom is -0.456 e. The van der Waals surface area contributed by atoms with Gasteiger partial charge in [0, 0.05) is 12.1 Å². The molecule has 124 valence electrons. The van der Waals surface area contributed by atoms with Gasteiger partial charge in [0.2, 0.25) is 0 Å². The standard InChI is InChI=1S/C19H25NO3/c1-12-4-3-5-13(2)19(12)20-17(21)11-23-18(22)10-16-9-14-6-7-15(16)8-14/h3-5,14-16H,6-11H2,1-2H3,(H,20,21)/t14-,15+,16+/m0/s1. The predicted octanol–water partition coefficient (Wildman–Crippen LogP) is 3.61. The number of benzene rings is 1. The number of anilines is 1. The Kier molecular flexibility index (Phi) is 4.69. The van der Waals surface area contributed by atoms with Gasteiger partial charge in [-0.15, -0.1) is 0 Å². The molecule has 0 aliphatic heterocycles. The van der Waals surface area contributed by atoms with E-state index in [0.29, 0.717) is 18.3 Å². The molecule has 1 amide bonds. The zero-order valence-electron chi connectivity index (χ0n) is 13.9. The molecule has 2 fully saturated rings. The van der Waals surface area contributed by atoms with E-state index in [9.17, 15) is 9.59 Å². The molecule has 3 atom stereocenters. The minimum atomic E-state index is -0.274. The highest BCUT2D eigenvalue weighted by Crippen LogP contribution is 2.49. The molecule has 4 heteroatoms. The van der Waals surface area contributed by atoms with Crippen LogP contribution in [0.3, 0.4) is 0 Å².